The van der Waals surface area contributed by atoms with Crippen LogP contribution in [0.2, 0.25) is 0 Å². The van der Waals surface area contributed by atoms with Crippen LogP contribution in [0.15, 0.2) is 0 Å². The van der Waals surface area contributed by atoms with Gasteiger partial charge in [0.25, 0.3) is 5.91 Å². The van der Waals surface area contributed by atoms with Crippen LogP contribution in [-0.4, -0.2) is 75.4 Å². The summed E-state index contributed by atoms with van der Waals surface area (Å²) in [5, 5.41) is 46.3. The van der Waals surface area contributed by atoms with Gasteiger partial charge in [0.1, 0.15) is 18.3 Å². The fourth-order valence-corrected chi connectivity index (χ4v) is 1.96. The van der Waals surface area contributed by atoms with Crippen LogP contribution >= 0.6 is 0 Å². The molecule has 0 aromatic heterocycles. The monoisotopic (exact) mass is 275 g/mol. The van der Waals surface area contributed by atoms with Gasteiger partial charge in [0.15, 0.2) is 6.10 Å². The fraction of sp³-hybridized carbons (Fsp3) is 1.00. The van der Waals surface area contributed by atoms with E-state index in [0.29, 0.717) is 0 Å². The summed E-state index contributed by atoms with van der Waals surface area (Å²) in [6.07, 6.45) is -7.53. The molecule has 0 bridgehead atoms. The van der Waals surface area contributed by atoms with Crippen LogP contribution in [0.5, 0.6) is 0 Å². The molecular formula is C6H13NO9S. The zero-order valence-corrected chi connectivity index (χ0v) is 9.15. The highest BCUT2D eigenvalue weighted by Crippen LogP contribution is 2.26. The predicted octanol–water partition coefficient (Wildman–Crippen LogP) is -4.50. The van der Waals surface area contributed by atoms with Gasteiger partial charge in [0.05, 0.1) is 6.61 Å². The molecule has 0 unspecified atom stereocenters. The number of aliphatic hydroxyl groups excluding tert-OH is 4. The molecule has 17 heavy (non-hydrogen) atoms. The summed E-state index contributed by atoms with van der Waals surface area (Å²) >= 11 is 0. The number of hydrogen-bond donors (Lipinski definition) is 7. The predicted molar refractivity (Wildman–Crippen MR) is 49.6 cm³/mol. The number of nitrogens with one attached hydrogen (secondary N) is 1. The Kier molecular flexibility index (Phi) is 4.08. The van der Waals surface area contributed by atoms with E-state index >= 15 is 0 Å². The number of aliphatic hydroxyl groups is 5. The summed E-state index contributed by atoms with van der Waals surface area (Å²) in [4.78, 5) is 0. The summed E-state index contributed by atoms with van der Waals surface area (Å²) in [6, 6.07) is 0. The summed E-state index contributed by atoms with van der Waals surface area (Å²) in [7, 11) is -4.95. The van der Waals surface area contributed by atoms with Crippen LogP contribution in [0.1, 0.15) is 0 Å². The number of ether oxygens (including phenoxy) is 1. The first-order valence-electron chi connectivity index (χ1n) is 4.42. The molecular weight excluding hydrogens is 262 g/mol. The molecule has 1 aliphatic rings. The standard InChI is InChI=1S/C6H13NO9S/c8-1-2-3(9)4(10)5(11)6(12,16-2)7-17(13,14)15/h2-5,7-12H,1H2,(H,13,14,15)/t2-,3-,4+,5-,6-/m1/s1. The van der Waals surface area contributed by atoms with Crippen LogP contribution in [0.3, 0.4) is 0 Å². The van der Waals surface area contributed by atoms with Gasteiger partial charge in [-0.05, 0) is 0 Å². The Balaban J connectivity index is 2.99. The lowest BCUT2D eigenvalue weighted by molar-refractivity contribution is -0.354. The molecule has 0 amide bonds. The van der Waals surface area contributed by atoms with Gasteiger partial charge in [-0.25, -0.2) is 0 Å². The second-order valence-electron chi connectivity index (χ2n) is 3.54. The Labute approximate surface area is 96.0 Å². The van der Waals surface area contributed by atoms with Crippen molar-refractivity contribution in [1.29, 1.82) is 0 Å². The van der Waals surface area contributed by atoms with E-state index in [2.05, 4.69) is 4.74 Å². The van der Waals surface area contributed by atoms with Crippen molar-refractivity contribution >= 4 is 10.3 Å². The van der Waals surface area contributed by atoms with Crippen LogP contribution in [0.25, 0.3) is 0 Å². The first-order valence-corrected chi connectivity index (χ1v) is 5.86. The summed E-state index contributed by atoms with van der Waals surface area (Å²) in [5.41, 5.74) is 0. The van der Waals surface area contributed by atoms with Crippen LogP contribution < -0.4 is 4.72 Å². The van der Waals surface area contributed by atoms with Crippen LogP contribution in [0.4, 0.5) is 0 Å². The van der Waals surface area contributed by atoms with E-state index < -0.39 is 47.2 Å². The molecule has 1 aliphatic heterocycles. The maximum absolute atomic E-state index is 10.5. The minimum atomic E-state index is -4.95. The van der Waals surface area contributed by atoms with E-state index in [1.54, 1.807) is 0 Å². The van der Waals surface area contributed by atoms with Gasteiger partial charge in [-0.3, -0.25) is 4.55 Å². The van der Waals surface area contributed by atoms with Gasteiger partial charge in [-0.15, -0.1) is 4.72 Å². The highest BCUT2D eigenvalue weighted by Gasteiger charge is 2.54. The molecule has 0 radical (unpaired) electrons. The van der Waals surface area contributed by atoms with Crippen LogP contribution in [0, 0.1) is 0 Å². The summed E-state index contributed by atoms with van der Waals surface area (Å²) in [6.45, 7) is -0.861. The molecule has 0 aromatic carbocycles. The normalized spacial score (nSPS) is 43.6. The first kappa shape index (κ1) is 14.7. The van der Waals surface area contributed by atoms with Crippen molar-refractivity contribution in [2.75, 3.05) is 6.61 Å². The molecule has 1 rings (SSSR count). The average Bonchev–Trinajstić information content (AvgIpc) is 2.18. The maximum atomic E-state index is 10.5. The van der Waals surface area contributed by atoms with Crippen molar-refractivity contribution in [2.24, 2.45) is 0 Å². The van der Waals surface area contributed by atoms with E-state index in [1.165, 1.54) is 0 Å². The Morgan fingerprint density at radius 1 is 1.24 bits per heavy atom. The minimum Gasteiger partial charge on any atom is -0.394 e. The van der Waals surface area contributed by atoms with Gasteiger partial charge in [0.2, 0.25) is 0 Å². The Bertz CT molecular complexity index is 370. The van der Waals surface area contributed by atoms with Crippen molar-refractivity contribution in [2.45, 2.75) is 30.3 Å². The highest BCUT2D eigenvalue weighted by molar-refractivity contribution is 7.83. The second-order valence-corrected chi connectivity index (χ2v) is 4.69. The number of rotatable bonds is 3. The lowest BCUT2D eigenvalue weighted by atomic mass is 9.97. The molecule has 10 nitrogen and oxygen atoms in total. The van der Waals surface area contributed by atoms with Gasteiger partial charge in [-0.1, -0.05) is 0 Å². The van der Waals surface area contributed by atoms with Crippen molar-refractivity contribution < 1.29 is 43.2 Å². The summed E-state index contributed by atoms with van der Waals surface area (Å²) in [5.74, 6) is -3.06. The smallest absolute Gasteiger partial charge is 0.337 e. The van der Waals surface area contributed by atoms with Gasteiger partial charge in [-0.2, -0.15) is 8.42 Å². The molecule has 0 aliphatic carbocycles. The molecule has 102 valence electrons. The molecule has 7 N–H and O–H groups in total. The molecule has 0 spiro atoms. The first-order chi connectivity index (χ1) is 7.60. The lowest BCUT2D eigenvalue weighted by Crippen LogP contribution is -2.71. The average molecular weight is 275 g/mol. The summed E-state index contributed by atoms with van der Waals surface area (Å²) < 4.78 is 35.1. The zero-order valence-electron chi connectivity index (χ0n) is 8.33. The van der Waals surface area contributed by atoms with Gasteiger partial charge < -0.3 is 30.3 Å². The molecule has 5 atom stereocenters. The highest BCUT2D eigenvalue weighted by atomic mass is 32.2. The van der Waals surface area contributed by atoms with E-state index in [0.717, 1.165) is 4.72 Å². The third-order valence-electron chi connectivity index (χ3n) is 2.24. The zero-order chi connectivity index (χ0) is 13.4. The van der Waals surface area contributed by atoms with E-state index in [1.807, 2.05) is 0 Å². The molecule has 1 heterocycles. The third kappa shape index (κ3) is 3.09. The molecule has 1 saturated heterocycles. The largest absolute Gasteiger partial charge is 0.394 e. The second kappa shape index (κ2) is 4.72. The van der Waals surface area contributed by atoms with Gasteiger partial charge >= 0.3 is 10.3 Å². The Hall–Kier alpha value is -0.370. The fourth-order valence-electron chi connectivity index (χ4n) is 1.42. The molecule has 0 saturated carbocycles. The van der Waals surface area contributed by atoms with Crippen molar-refractivity contribution in [3.05, 3.63) is 0 Å². The Morgan fingerprint density at radius 3 is 2.18 bits per heavy atom. The Morgan fingerprint density at radius 2 is 1.76 bits per heavy atom. The van der Waals surface area contributed by atoms with Crippen molar-refractivity contribution in [1.82, 2.24) is 4.72 Å². The molecule has 1 fully saturated rings. The van der Waals surface area contributed by atoms with Crippen molar-refractivity contribution in [3.8, 4) is 0 Å². The quantitative estimate of drug-likeness (QED) is 0.197. The number of hydrogen-bond acceptors (Lipinski definition) is 8. The SMILES string of the molecule is O=S(=O)(O)N[C@]1(O)O[C@H](CO)[C@@H](O)[C@H](O)[C@H]1O. The van der Waals surface area contributed by atoms with Gasteiger partial charge in [0, 0.05) is 0 Å². The van der Waals surface area contributed by atoms with Crippen LogP contribution in [-0.2, 0) is 15.0 Å². The third-order valence-corrected chi connectivity index (χ3v) is 2.79. The topological polar surface area (TPSA) is 177 Å². The molecule has 0 aromatic rings. The van der Waals surface area contributed by atoms with E-state index in [4.69, 9.17) is 9.66 Å². The maximum Gasteiger partial charge on any atom is 0.337 e. The molecule has 11 heteroatoms. The minimum absolute atomic E-state index is 0.861. The lowest BCUT2D eigenvalue weighted by Gasteiger charge is -2.44. The van der Waals surface area contributed by atoms with E-state index in [9.17, 15) is 28.8 Å². The van der Waals surface area contributed by atoms with E-state index in [-0.39, 0.29) is 0 Å². The van der Waals surface area contributed by atoms with Crippen molar-refractivity contribution in [3.63, 3.8) is 0 Å².